The van der Waals surface area contributed by atoms with Crippen LogP contribution >= 0.6 is 11.3 Å². The van der Waals surface area contributed by atoms with E-state index < -0.39 is 17.9 Å². The molecule has 1 saturated heterocycles. The Hall–Kier alpha value is -1.96. The molecule has 1 fully saturated rings. The molecule has 1 aromatic heterocycles. The van der Waals surface area contributed by atoms with E-state index >= 15 is 0 Å². The minimum atomic E-state index is -0.629. The molecule has 0 bridgehead atoms. The highest BCUT2D eigenvalue weighted by atomic mass is 32.1. The average Bonchev–Trinajstić information content (AvgIpc) is 2.99. The van der Waals surface area contributed by atoms with E-state index in [9.17, 15) is 14.4 Å². The van der Waals surface area contributed by atoms with Crippen LogP contribution in [0.5, 0.6) is 0 Å². The zero-order valence-corrected chi connectivity index (χ0v) is 14.2. The van der Waals surface area contributed by atoms with Crippen LogP contribution in [-0.4, -0.2) is 46.2 Å². The molecule has 3 amide bonds. The standard InChI is InChI=1S/C15H22N4O3S/c1-10-5-3-4-7-19(10)14(22)11(2)17-12(20)9-13(21)18-15-16-6-8-23-15/h6,8,10-11H,3-5,7,9H2,1-2H3,(H,17,20)(H,16,18,21)/t10-,11+/m1/s1. The summed E-state index contributed by atoms with van der Waals surface area (Å²) < 4.78 is 0. The summed E-state index contributed by atoms with van der Waals surface area (Å²) in [5, 5.41) is 7.32. The van der Waals surface area contributed by atoms with Crippen LogP contribution < -0.4 is 10.6 Å². The number of amides is 3. The topological polar surface area (TPSA) is 91.4 Å². The van der Waals surface area contributed by atoms with E-state index in [0.717, 1.165) is 25.8 Å². The predicted molar refractivity (Wildman–Crippen MR) is 88.0 cm³/mol. The Morgan fingerprint density at radius 3 is 2.83 bits per heavy atom. The van der Waals surface area contributed by atoms with Crippen molar-refractivity contribution in [1.29, 1.82) is 0 Å². The highest BCUT2D eigenvalue weighted by molar-refractivity contribution is 7.13. The van der Waals surface area contributed by atoms with Gasteiger partial charge in [0.15, 0.2) is 5.13 Å². The smallest absolute Gasteiger partial charge is 0.245 e. The van der Waals surface area contributed by atoms with Crippen LogP contribution in [0, 0.1) is 0 Å². The van der Waals surface area contributed by atoms with Gasteiger partial charge in [-0.05, 0) is 33.1 Å². The quantitative estimate of drug-likeness (QED) is 0.794. The molecule has 2 heterocycles. The van der Waals surface area contributed by atoms with Crippen LogP contribution in [0.1, 0.15) is 39.5 Å². The monoisotopic (exact) mass is 338 g/mol. The third-order valence-electron chi connectivity index (χ3n) is 3.83. The summed E-state index contributed by atoms with van der Waals surface area (Å²) in [6, 6.07) is -0.431. The van der Waals surface area contributed by atoms with Crippen LogP contribution in [0.25, 0.3) is 0 Å². The maximum absolute atomic E-state index is 12.4. The fourth-order valence-corrected chi connectivity index (χ4v) is 3.17. The summed E-state index contributed by atoms with van der Waals surface area (Å²) in [5.74, 6) is -1.00. The molecule has 23 heavy (non-hydrogen) atoms. The van der Waals surface area contributed by atoms with Gasteiger partial charge in [-0.1, -0.05) is 0 Å². The van der Waals surface area contributed by atoms with E-state index in [1.165, 1.54) is 11.3 Å². The van der Waals surface area contributed by atoms with Crippen molar-refractivity contribution in [3.63, 3.8) is 0 Å². The Kier molecular flexibility index (Phi) is 6.09. The normalized spacial score (nSPS) is 19.0. The fraction of sp³-hybridized carbons (Fsp3) is 0.600. The molecular weight excluding hydrogens is 316 g/mol. The Morgan fingerprint density at radius 2 is 2.17 bits per heavy atom. The molecule has 1 aromatic rings. The molecule has 0 aliphatic carbocycles. The molecule has 2 atom stereocenters. The molecule has 2 rings (SSSR count). The van der Waals surface area contributed by atoms with Gasteiger partial charge in [-0.2, -0.15) is 0 Å². The number of nitrogens with one attached hydrogen (secondary N) is 2. The number of aromatic nitrogens is 1. The van der Waals surface area contributed by atoms with Gasteiger partial charge < -0.3 is 15.5 Å². The summed E-state index contributed by atoms with van der Waals surface area (Å²) in [7, 11) is 0. The molecule has 126 valence electrons. The van der Waals surface area contributed by atoms with Gasteiger partial charge in [0.2, 0.25) is 17.7 Å². The van der Waals surface area contributed by atoms with Crippen LogP contribution in [0.4, 0.5) is 5.13 Å². The van der Waals surface area contributed by atoms with Gasteiger partial charge >= 0.3 is 0 Å². The largest absolute Gasteiger partial charge is 0.344 e. The van der Waals surface area contributed by atoms with Gasteiger partial charge in [0.25, 0.3) is 0 Å². The number of nitrogens with zero attached hydrogens (tertiary/aromatic N) is 2. The zero-order chi connectivity index (χ0) is 16.8. The lowest BCUT2D eigenvalue weighted by Crippen LogP contribution is -2.51. The molecule has 0 saturated carbocycles. The minimum absolute atomic E-state index is 0.0918. The first-order valence-electron chi connectivity index (χ1n) is 7.76. The molecular formula is C15H22N4O3S. The third kappa shape index (κ3) is 5.02. The van der Waals surface area contributed by atoms with Gasteiger partial charge in [-0.25, -0.2) is 4.98 Å². The Labute approximate surface area is 139 Å². The van der Waals surface area contributed by atoms with E-state index in [1.54, 1.807) is 18.5 Å². The Balaban J connectivity index is 1.79. The predicted octanol–water partition coefficient (Wildman–Crippen LogP) is 1.38. The van der Waals surface area contributed by atoms with Crippen molar-refractivity contribution in [3.05, 3.63) is 11.6 Å². The SMILES string of the molecule is C[C@H](NC(=O)CC(=O)Nc1nccs1)C(=O)N1CCCC[C@H]1C. The highest BCUT2D eigenvalue weighted by Gasteiger charge is 2.28. The first kappa shape index (κ1) is 17.4. The van der Waals surface area contributed by atoms with Crippen molar-refractivity contribution in [1.82, 2.24) is 15.2 Å². The fourth-order valence-electron chi connectivity index (χ4n) is 2.62. The number of thiazole rings is 1. The van der Waals surface area contributed by atoms with Crippen LogP contribution in [0.3, 0.4) is 0 Å². The molecule has 8 heteroatoms. The van der Waals surface area contributed by atoms with Crippen LogP contribution in [0.2, 0.25) is 0 Å². The number of hydrogen-bond donors (Lipinski definition) is 2. The summed E-state index contributed by atoms with van der Waals surface area (Å²) in [5.41, 5.74) is 0. The number of rotatable bonds is 5. The van der Waals surface area contributed by atoms with Crippen molar-refractivity contribution in [2.75, 3.05) is 11.9 Å². The van der Waals surface area contributed by atoms with Crippen LogP contribution in [-0.2, 0) is 14.4 Å². The molecule has 2 N–H and O–H groups in total. The summed E-state index contributed by atoms with van der Waals surface area (Å²) >= 11 is 1.28. The molecule has 0 unspecified atom stereocenters. The van der Waals surface area contributed by atoms with Gasteiger partial charge in [-0.3, -0.25) is 14.4 Å². The third-order valence-corrected chi connectivity index (χ3v) is 4.52. The first-order chi connectivity index (χ1) is 11.0. The van der Waals surface area contributed by atoms with Crippen LogP contribution in [0.15, 0.2) is 11.6 Å². The second kappa shape index (κ2) is 8.05. The average molecular weight is 338 g/mol. The number of piperidine rings is 1. The van der Waals surface area contributed by atoms with Crippen molar-refractivity contribution >= 4 is 34.2 Å². The van der Waals surface area contributed by atoms with E-state index in [0.29, 0.717) is 5.13 Å². The van der Waals surface area contributed by atoms with E-state index in [1.807, 2.05) is 11.8 Å². The number of carbonyl (C=O) groups excluding carboxylic acids is 3. The van der Waals surface area contributed by atoms with Gasteiger partial charge in [0.1, 0.15) is 12.5 Å². The Bertz CT molecular complexity index is 561. The summed E-state index contributed by atoms with van der Waals surface area (Å²) in [4.78, 5) is 41.7. The molecule has 1 aliphatic rings. The minimum Gasteiger partial charge on any atom is -0.344 e. The Morgan fingerprint density at radius 1 is 1.39 bits per heavy atom. The lowest BCUT2D eigenvalue weighted by Gasteiger charge is -2.35. The molecule has 1 aliphatic heterocycles. The van der Waals surface area contributed by atoms with Crippen molar-refractivity contribution < 1.29 is 14.4 Å². The van der Waals surface area contributed by atoms with Crippen molar-refractivity contribution in [2.45, 2.75) is 51.6 Å². The number of anilines is 1. The maximum Gasteiger partial charge on any atom is 0.245 e. The van der Waals surface area contributed by atoms with Gasteiger partial charge in [-0.15, -0.1) is 11.3 Å². The molecule has 0 aromatic carbocycles. The molecule has 0 spiro atoms. The lowest BCUT2D eigenvalue weighted by atomic mass is 10.0. The first-order valence-corrected chi connectivity index (χ1v) is 8.64. The number of hydrogen-bond acceptors (Lipinski definition) is 5. The van der Waals surface area contributed by atoms with Gasteiger partial charge in [0, 0.05) is 24.2 Å². The maximum atomic E-state index is 12.4. The van der Waals surface area contributed by atoms with E-state index in [-0.39, 0.29) is 18.4 Å². The van der Waals surface area contributed by atoms with Gasteiger partial charge in [0.05, 0.1) is 0 Å². The highest BCUT2D eigenvalue weighted by Crippen LogP contribution is 2.17. The summed E-state index contributed by atoms with van der Waals surface area (Å²) in [6.07, 6.45) is 4.35. The second-order valence-electron chi connectivity index (χ2n) is 5.73. The van der Waals surface area contributed by atoms with Crippen molar-refractivity contribution in [3.8, 4) is 0 Å². The molecule has 7 nitrogen and oxygen atoms in total. The summed E-state index contributed by atoms with van der Waals surface area (Å²) in [6.45, 7) is 4.40. The molecule has 0 radical (unpaired) electrons. The van der Waals surface area contributed by atoms with Crippen molar-refractivity contribution in [2.24, 2.45) is 0 Å². The number of likely N-dealkylation sites (tertiary alicyclic amines) is 1. The lowest BCUT2D eigenvalue weighted by molar-refractivity contribution is -0.139. The van der Waals surface area contributed by atoms with E-state index in [4.69, 9.17) is 0 Å². The zero-order valence-electron chi connectivity index (χ0n) is 13.4. The second-order valence-corrected chi connectivity index (χ2v) is 6.62. The number of carbonyl (C=O) groups is 3. The van der Waals surface area contributed by atoms with E-state index in [2.05, 4.69) is 15.6 Å².